The minimum absolute atomic E-state index is 0.396. The number of alkyl halides is 16. The summed E-state index contributed by atoms with van der Waals surface area (Å²) >= 11 is 0. The molecule has 35 heavy (non-hydrogen) atoms. The lowest BCUT2D eigenvalue weighted by molar-refractivity contribution is -0.460. The number of unbranched alkanes of at least 4 members (excludes halogenated alkanes) is 1. The Morgan fingerprint density at radius 1 is 0.657 bits per heavy atom. The van der Waals surface area contributed by atoms with Gasteiger partial charge in [0.1, 0.15) is 0 Å². The Balaban J connectivity index is 6.99. The fourth-order valence-electron chi connectivity index (χ4n) is 2.40. The molecule has 0 aliphatic heterocycles. The standard InChI is InChI=1S/C17H18F16O2/c1-4-6-7-10(18,17(32,33)35-9(34)8(3)5-2)11(19,20)12(21,22)13(23,24)14(25,26)15(27,28)16(29,30)31/h8H,4-7H2,1-3H3. The van der Waals surface area contributed by atoms with E-state index in [9.17, 15) is 75.0 Å². The third-order valence-corrected chi connectivity index (χ3v) is 5.01. The maximum atomic E-state index is 15.0. The molecule has 0 aliphatic rings. The van der Waals surface area contributed by atoms with Gasteiger partial charge in [0.25, 0.3) is 5.67 Å². The number of carbonyl (C=O) groups excluding carboxylic acids is 1. The fraction of sp³-hybridized carbons (Fsp3) is 0.941. The Morgan fingerprint density at radius 2 is 1.03 bits per heavy atom. The van der Waals surface area contributed by atoms with E-state index in [4.69, 9.17) is 0 Å². The van der Waals surface area contributed by atoms with Crippen LogP contribution in [0.4, 0.5) is 70.2 Å². The molecule has 0 bridgehead atoms. The first kappa shape index (κ1) is 33.4. The van der Waals surface area contributed by atoms with Crippen LogP contribution in [0.3, 0.4) is 0 Å². The van der Waals surface area contributed by atoms with E-state index < -0.39 is 85.1 Å². The largest absolute Gasteiger partial charge is 0.460 e. The van der Waals surface area contributed by atoms with Crippen LogP contribution >= 0.6 is 0 Å². The second-order valence-electron chi connectivity index (χ2n) is 7.52. The Bertz CT molecular complexity index is 745. The first-order valence-corrected chi connectivity index (χ1v) is 9.43. The van der Waals surface area contributed by atoms with E-state index in [-0.39, 0.29) is 0 Å². The van der Waals surface area contributed by atoms with Gasteiger partial charge in [-0.15, -0.1) is 0 Å². The van der Waals surface area contributed by atoms with Gasteiger partial charge in [-0.3, -0.25) is 4.79 Å². The highest BCUT2D eigenvalue weighted by molar-refractivity contribution is 5.72. The van der Waals surface area contributed by atoms with E-state index in [0.717, 1.165) is 20.8 Å². The van der Waals surface area contributed by atoms with Crippen molar-refractivity contribution in [3.63, 3.8) is 0 Å². The number of esters is 1. The smallest absolute Gasteiger partial charge is 0.398 e. The van der Waals surface area contributed by atoms with Gasteiger partial charge in [0, 0.05) is 0 Å². The molecule has 2 atom stereocenters. The highest BCUT2D eigenvalue weighted by atomic mass is 19.4. The van der Waals surface area contributed by atoms with Crippen molar-refractivity contribution in [1.82, 2.24) is 0 Å². The molecule has 0 fully saturated rings. The molecule has 0 rings (SSSR count). The van der Waals surface area contributed by atoms with Crippen LogP contribution in [0, 0.1) is 5.92 Å². The van der Waals surface area contributed by atoms with Gasteiger partial charge in [0.15, 0.2) is 0 Å². The van der Waals surface area contributed by atoms with E-state index in [1.54, 1.807) is 0 Å². The average Bonchev–Trinajstić information content (AvgIpc) is 2.68. The maximum Gasteiger partial charge on any atom is 0.460 e. The Morgan fingerprint density at radius 3 is 1.37 bits per heavy atom. The molecule has 0 spiro atoms. The number of hydrogen-bond donors (Lipinski definition) is 0. The zero-order chi connectivity index (χ0) is 28.7. The van der Waals surface area contributed by atoms with Crippen molar-refractivity contribution in [2.24, 2.45) is 5.92 Å². The van der Waals surface area contributed by atoms with Crippen LogP contribution in [0.2, 0.25) is 0 Å². The molecule has 0 radical (unpaired) electrons. The minimum atomic E-state index is -8.48. The Kier molecular flexibility index (Phi) is 9.21. The van der Waals surface area contributed by atoms with E-state index in [1.165, 1.54) is 0 Å². The summed E-state index contributed by atoms with van der Waals surface area (Å²) < 4.78 is 220. The third kappa shape index (κ3) is 4.98. The molecule has 2 nitrogen and oxygen atoms in total. The molecule has 2 unspecified atom stereocenters. The normalized spacial score (nSPS) is 17.7. The Hall–Kier alpha value is -1.65. The van der Waals surface area contributed by atoms with Crippen molar-refractivity contribution in [3.05, 3.63) is 0 Å². The van der Waals surface area contributed by atoms with Gasteiger partial charge >= 0.3 is 47.9 Å². The monoisotopic (exact) mass is 558 g/mol. The molecule has 210 valence electrons. The second-order valence-corrected chi connectivity index (χ2v) is 7.52. The van der Waals surface area contributed by atoms with Gasteiger partial charge in [-0.05, 0) is 19.3 Å². The topological polar surface area (TPSA) is 26.3 Å². The van der Waals surface area contributed by atoms with Crippen LogP contribution < -0.4 is 0 Å². The first-order chi connectivity index (χ1) is 15.2. The van der Waals surface area contributed by atoms with Gasteiger partial charge in [-0.2, -0.15) is 65.9 Å². The molecule has 0 aromatic rings. The summed E-state index contributed by atoms with van der Waals surface area (Å²) in [4.78, 5) is 11.5. The SMILES string of the molecule is CCCCC(F)(C(F)(F)OC(=O)C(C)CC)C(F)(F)C(F)(F)C(F)(F)C(F)(F)C(F)(F)C(F)(F)F. The molecule has 0 aromatic carbocycles. The lowest BCUT2D eigenvalue weighted by Gasteiger charge is -2.45. The van der Waals surface area contributed by atoms with Crippen molar-refractivity contribution in [2.75, 3.05) is 0 Å². The van der Waals surface area contributed by atoms with Gasteiger partial charge < -0.3 is 4.74 Å². The Labute approximate surface area is 187 Å². The summed E-state index contributed by atoms with van der Waals surface area (Å²) in [5, 5.41) is 0. The lowest BCUT2D eigenvalue weighted by atomic mass is 9.81. The summed E-state index contributed by atoms with van der Waals surface area (Å²) in [7, 11) is 0. The zero-order valence-electron chi connectivity index (χ0n) is 17.8. The predicted octanol–water partition coefficient (Wildman–Crippen LogP) is 7.81. The van der Waals surface area contributed by atoms with Gasteiger partial charge in [-0.25, -0.2) is 4.39 Å². The van der Waals surface area contributed by atoms with Crippen molar-refractivity contribution < 1.29 is 79.8 Å². The number of rotatable bonds is 12. The van der Waals surface area contributed by atoms with Crippen LogP contribution in [-0.2, 0) is 9.53 Å². The van der Waals surface area contributed by atoms with Crippen molar-refractivity contribution in [2.45, 2.75) is 94.0 Å². The summed E-state index contributed by atoms with van der Waals surface area (Å²) in [6.07, 6.45) is -19.1. The lowest BCUT2D eigenvalue weighted by Crippen LogP contribution is -2.75. The minimum Gasteiger partial charge on any atom is -0.398 e. The quantitative estimate of drug-likeness (QED) is 0.181. The summed E-state index contributed by atoms with van der Waals surface area (Å²) in [6.45, 7) is 2.81. The highest BCUT2D eigenvalue weighted by Gasteiger charge is 2.94. The molecular formula is C17H18F16O2. The van der Waals surface area contributed by atoms with E-state index in [0.29, 0.717) is 0 Å². The molecule has 0 saturated carbocycles. The molecule has 0 aromatic heterocycles. The van der Waals surface area contributed by atoms with Crippen LogP contribution in [0.1, 0.15) is 46.5 Å². The number of carbonyl (C=O) groups is 1. The molecule has 0 saturated heterocycles. The molecule has 18 heteroatoms. The number of ether oxygens (including phenoxy) is 1. The van der Waals surface area contributed by atoms with E-state index in [1.807, 2.05) is 0 Å². The number of halogens is 16. The predicted molar refractivity (Wildman–Crippen MR) is 84.6 cm³/mol. The molecule has 0 heterocycles. The van der Waals surface area contributed by atoms with Crippen LogP contribution in [0.5, 0.6) is 0 Å². The van der Waals surface area contributed by atoms with E-state index in [2.05, 4.69) is 4.74 Å². The summed E-state index contributed by atoms with van der Waals surface area (Å²) in [6, 6.07) is 0. The van der Waals surface area contributed by atoms with Crippen molar-refractivity contribution in [3.8, 4) is 0 Å². The highest BCUT2D eigenvalue weighted by Crippen LogP contribution is 2.64. The maximum absolute atomic E-state index is 15.0. The number of hydrogen-bond acceptors (Lipinski definition) is 2. The van der Waals surface area contributed by atoms with Crippen molar-refractivity contribution >= 4 is 5.97 Å². The fourth-order valence-corrected chi connectivity index (χ4v) is 2.40. The molecular weight excluding hydrogens is 540 g/mol. The van der Waals surface area contributed by atoms with Crippen LogP contribution in [0.15, 0.2) is 0 Å². The average molecular weight is 558 g/mol. The first-order valence-electron chi connectivity index (χ1n) is 9.43. The van der Waals surface area contributed by atoms with Crippen molar-refractivity contribution in [1.29, 1.82) is 0 Å². The van der Waals surface area contributed by atoms with Gasteiger partial charge in [-0.1, -0.05) is 27.2 Å². The van der Waals surface area contributed by atoms with Crippen LogP contribution in [0.25, 0.3) is 0 Å². The van der Waals surface area contributed by atoms with E-state index >= 15 is 0 Å². The summed E-state index contributed by atoms with van der Waals surface area (Å²) in [5.74, 6) is -45.0. The third-order valence-electron chi connectivity index (χ3n) is 5.01. The molecule has 0 aliphatic carbocycles. The summed E-state index contributed by atoms with van der Waals surface area (Å²) in [5.41, 5.74) is -6.48. The van der Waals surface area contributed by atoms with Gasteiger partial charge in [0.2, 0.25) is 0 Å². The van der Waals surface area contributed by atoms with Gasteiger partial charge in [0.05, 0.1) is 5.92 Å². The zero-order valence-corrected chi connectivity index (χ0v) is 17.8. The molecule has 0 amide bonds. The molecule has 0 N–H and O–H groups in total. The second kappa shape index (κ2) is 9.67. The van der Waals surface area contributed by atoms with Crippen LogP contribution in [-0.4, -0.2) is 53.5 Å².